The Kier molecular flexibility index (Phi) is 13.9. The van der Waals surface area contributed by atoms with Crippen LogP contribution in [0.4, 0.5) is 0 Å². The third kappa shape index (κ3) is 7.70. The van der Waals surface area contributed by atoms with Crippen LogP contribution in [0.25, 0.3) is 0 Å². The van der Waals surface area contributed by atoms with Gasteiger partial charge >= 0.3 is 5.97 Å². The highest BCUT2D eigenvalue weighted by Gasteiger charge is 2.70. The van der Waals surface area contributed by atoms with Crippen molar-refractivity contribution in [1.82, 2.24) is 0 Å². The number of carbonyl (C=O) groups is 1. The summed E-state index contributed by atoms with van der Waals surface area (Å²) in [5, 5.41) is 129. The lowest BCUT2D eigenvalue weighted by molar-refractivity contribution is -0.361. The van der Waals surface area contributed by atoms with E-state index < -0.39 is 134 Å². The summed E-state index contributed by atoms with van der Waals surface area (Å²) in [4.78, 5) is 14.8. The summed E-state index contributed by atoms with van der Waals surface area (Å²) in [7, 11) is 0. The molecule has 8 aliphatic rings. The summed E-state index contributed by atoms with van der Waals surface area (Å²) < 4.78 is 34.5. The van der Waals surface area contributed by atoms with E-state index in [1.54, 1.807) is 0 Å². The van der Waals surface area contributed by atoms with Crippen LogP contribution in [-0.4, -0.2) is 191 Å². The number of hydrogen-bond donors (Lipinski definition) is 12. The Bertz CT molecular complexity index is 1830. The number of esters is 1. The van der Waals surface area contributed by atoms with E-state index in [1.165, 1.54) is 6.92 Å². The largest absolute Gasteiger partial charge is 0.432 e. The van der Waals surface area contributed by atoms with Crippen LogP contribution in [-0.2, 0) is 33.2 Å². The molecule has 25 atom stereocenters. The van der Waals surface area contributed by atoms with Gasteiger partial charge in [-0.3, -0.25) is 4.79 Å². The van der Waals surface area contributed by atoms with E-state index in [0.717, 1.165) is 24.0 Å². The highest BCUT2D eigenvalue weighted by Crippen LogP contribution is 2.75. The van der Waals surface area contributed by atoms with Gasteiger partial charge in [-0.1, -0.05) is 51.5 Å². The molecule has 0 radical (unpaired) electrons. The molecule has 19 nitrogen and oxygen atoms in total. The van der Waals surface area contributed by atoms with Crippen LogP contribution in [0.2, 0.25) is 0 Å². The van der Waals surface area contributed by atoms with Gasteiger partial charge in [0, 0.05) is 11.3 Å². The molecular weight excluding hydrogens is 868 g/mol. The lowest BCUT2D eigenvalue weighted by Crippen LogP contribution is -2.68. The topological polar surface area (TPSA) is 315 Å². The van der Waals surface area contributed by atoms with Gasteiger partial charge < -0.3 is 89.7 Å². The number of allylic oxidation sites excluding steroid dienone is 3. The van der Waals surface area contributed by atoms with Gasteiger partial charge in [0.15, 0.2) is 12.6 Å². The molecule has 0 aromatic rings. The first kappa shape index (κ1) is 50.7. The van der Waals surface area contributed by atoms with Gasteiger partial charge in [-0.25, -0.2) is 0 Å². The summed E-state index contributed by atoms with van der Waals surface area (Å²) in [5.74, 6) is -0.839. The zero-order valence-corrected chi connectivity index (χ0v) is 38.5. The van der Waals surface area contributed by atoms with Crippen molar-refractivity contribution < 1.29 is 94.5 Å². The molecule has 376 valence electrons. The Balaban J connectivity index is 0.971. The Morgan fingerprint density at radius 2 is 1.41 bits per heavy atom. The molecule has 12 N–H and O–H groups in total. The first-order chi connectivity index (χ1) is 30.9. The van der Waals surface area contributed by atoms with Crippen molar-refractivity contribution >= 4 is 5.97 Å². The fourth-order valence-corrected chi connectivity index (χ4v) is 14.5. The Morgan fingerprint density at radius 1 is 0.758 bits per heavy atom. The molecule has 5 aliphatic carbocycles. The second kappa shape index (κ2) is 18.1. The number of fused-ring (bicyclic) bond motifs is 7. The molecule has 0 aromatic carbocycles. The average Bonchev–Trinajstić information content (AvgIpc) is 3.28. The van der Waals surface area contributed by atoms with Gasteiger partial charge in [-0.15, -0.1) is 0 Å². The van der Waals surface area contributed by atoms with E-state index in [9.17, 15) is 66.1 Å². The highest BCUT2D eigenvalue weighted by molar-refractivity contribution is 5.79. The molecule has 0 bridgehead atoms. The molecule has 7 fully saturated rings. The van der Waals surface area contributed by atoms with Crippen molar-refractivity contribution in [3.05, 3.63) is 23.8 Å². The van der Waals surface area contributed by atoms with Crippen LogP contribution < -0.4 is 0 Å². The molecule has 0 amide bonds. The number of aliphatic hydroxyl groups excluding tert-OH is 12. The quantitative estimate of drug-likeness (QED) is 0.0939. The van der Waals surface area contributed by atoms with Gasteiger partial charge in [0.1, 0.15) is 67.1 Å². The van der Waals surface area contributed by atoms with E-state index in [1.807, 2.05) is 6.92 Å². The predicted octanol–water partition coefficient (Wildman–Crippen LogP) is -1.36. The lowest BCUT2D eigenvalue weighted by atomic mass is 9.33. The van der Waals surface area contributed by atoms with Gasteiger partial charge in [0.05, 0.1) is 43.5 Å². The fourth-order valence-electron chi connectivity index (χ4n) is 14.5. The maximum absolute atomic E-state index is 14.8. The zero-order chi connectivity index (χ0) is 48.2. The molecule has 0 spiro atoms. The second-order valence-corrected chi connectivity index (χ2v) is 22.1. The van der Waals surface area contributed by atoms with Gasteiger partial charge in [-0.05, 0) is 92.8 Å². The third-order valence-electron chi connectivity index (χ3n) is 18.8. The maximum Gasteiger partial charge on any atom is 0.315 e. The van der Waals surface area contributed by atoms with E-state index in [0.29, 0.717) is 44.9 Å². The van der Waals surface area contributed by atoms with Crippen molar-refractivity contribution in [2.75, 3.05) is 19.8 Å². The molecule has 0 aromatic heterocycles. The molecule has 4 saturated carbocycles. The van der Waals surface area contributed by atoms with Gasteiger partial charge in [0.25, 0.3) is 0 Å². The van der Waals surface area contributed by atoms with Crippen molar-refractivity contribution in [1.29, 1.82) is 0 Å². The summed E-state index contributed by atoms with van der Waals surface area (Å²) >= 11 is 0. The van der Waals surface area contributed by atoms with Crippen LogP contribution in [0.15, 0.2) is 23.8 Å². The molecule has 3 saturated heterocycles. The second-order valence-electron chi connectivity index (χ2n) is 22.1. The maximum atomic E-state index is 14.8. The molecule has 0 unspecified atom stereocenters. The lowest BCUT2D eigenvalue weighted by Gasteiger charge is -2.71. The van der Waals surface area contributed by atoms with E-state index >= 15 is 0 Å². The summed E-state index contributed by atoms with van der Waals surface area (Å²) in [6.45, 7) is 12.8. The molecular formula is C47H74O19. The number of carbonyl (C=O) groups excluding carboxylic acids is 1. The third-order valence-corrected chi connectivity index (χ3v) is 18.8. The minimum Gasteiger partial charge on any atom is -0.432 e. The molecule has 3 heterocycles. The number of ether oxygens (including phenoxy) is 6. The van der Waals surface area contributed by atoms with Crippen molar-refractivity contribution in [2.24, 2.45) is 44.8 Å². The van der Waals surface area contributed by atoms with E-state index in [-0.39, 0.29) is 40.6 Å². The molecule has 66 heavy (non-hydrogen) atoms. The molecule has 3 aliphatic heterocycles. The fraction of sp³-hybridized carbons (Fsp3) is 0.894. The highest BCUT2D eigenvalue weighted by atomic mass is 16.8. The van der Waals surface area contributed by atoms with Crippen molar-refractivity contribution in [3.8, 4) is 0 Å². The minimum atomic E-state index is -1.87. The van der Waals surface area contributed by atoms with Gasteiger partial charge in [-0.2, -0.15) is 0 Å². The number of aliphatic hydroxyl groups is 12. The number of hydrogen-bond acceptors (Lipinski definition) is 19. The normalized spacial score (nSPS) is 55.1. The van der Waals surface area contributed by atoms with Crippen LogP contribution in [0.5, 0.6) is 0 Å². The standard InChI is InChI=1S/C47H74O19/c1-20-9-12-47(14-13-45(5)22(23(47)15-20)7-8-28-43(3)16-24(50)38(59)44(4,19-49)27(43)10-11-46(28,45)6)42(60)66-41-35(57)32(54)30(52)26(64-41)18-61-39-36(58)33(55)37(25(17-48)63-39)65-40-34(56)31(53)29(51)21(2)62-40/h7,21,23-41,48-59H,1,8-19H2,2-6H3/t21-,23-,24+,25+,26+,27+,28+,29-,30+,31+,32-,33+,34-,35+,36+,37+,38-,39+,40+,41-,43-,44-,45+,46+,47-/m0/s1. The van der Waals surface area contributed by atoms with Crippen molar-refractivity contribution in [3.63, 3.8) is 0 Å². The zero-order valence-electron chi connectivity index (χ0n) is 38.5. The smallest absolute Gasteiger partial charge is 0.315 e. The average molecular weight is 943 g/mol. The SMILES string of the molecule is C=C1CC[C@]2(C(=O)O[C@@H]3O[C@H](CO[C@@H]4O[C@H](CO)[C@@H](O[C@H]5O[C@@H](C)[C@H](O)[C@@H](O)[C@@H]5O)[C@H](O)[C@H]4O)[C@@H](O)[C@H](O)[C@H]3O)CC[C@]3(C)C(=CC[C@@H]4[C@@]5(C)C[C@@H](O)[C@H](O)[C@@](C)(CO)[C@@H]5CC[C@]43C)[C@@H]2C1. The first-order valence-electron chi connectivity index (χ1n) is 23.8. The monoisotopic (exact) mass is 942 g/mol. The molecule has 19 heteroatoms. The Morgan fingerprint density at radius 3 is 2.09 bits per heavy atom. The predicted molar refractivity (Wildman–Crippen MR) is 227 cm³/mol. The van der Waals surface area contributed by atoms with E-state index in [4.69, 9.17) is 28.4 Å². The summed E-state index contributed by atoms with van der Waals surface area (Å²) in [6.07, 6.45) is -18.9. The van der Waals surface area contributed by atoms with Crippen LogP contribution >= 0.6 is 0 Å². The van der Waals surface area contributed by atoms with Crippen molar-refractivity contribution in [2.45, 2.75) is 197 Å². The van der Waals surface area contributed by atoms with Crippen LogP contribution in [0.3, 0.4) is 0 Å². The summed E-state index contributed by atoms with van der Waals surface area (Å²) in [6, 6.07) is 0. The molecule has 8 rings (SSSR count). The van der Waals surface area contributed by atoms with Crippen LogP contribution in [0.1, 0.15) is 92.4 Å². The number of rotatable bonds is 9. The van der Waals surface area contributed by atoms with E-state index in [2.05, 4.69) is 33.4 Å². The first-order valence-corrected chi connectivity index (χ1v) is 23.8. The van der Waals surface area contributed by atoms with Crippen LogP contribution in [0, 0.1) is 44.8 Å². The Hall–Kier alpha value is -1.73. The van der Waals surface area contributed by atoms with Gasteiger partial charge in [0.2, 0.25) is 6.29 Å². The minimum absolute atomic E-state index is 0.0197. The Labute approximate surface area is 384 Å². The summed E-state index contributed by atoms with van der Waals surface area (Å²) in [5.41, 5.74) is -0.784.